The molecule has 0 spiro atoms. The largest absolute Gasteiger partial charge is 0.466 e. The van der Waals surface area contributed by atoms with Crippen molar-refractivity contribution in [1.82, 2.24) is 4.90 Å². The van der Waals surface area contributed by atoms with Gasteiger partial charge in [0.1, 0.15) is 0 Å². The summed E-state index contributed by atoms with van der Waals surface area (Å²) in [5.41, 5.74) is 2.12. The molecule has 0 aromatic heterocycles. The molecule has 1 aliphatic rings. The molecule has 4 nitrogen and oxygen atoms in total. The number of esters is 1. The molecule has 2 rings (SSSR count). The lowest BCUT2D eigenvalue weighted by molar-refractivity contribution is -0.144. The van der Waals surface area contributed by atoms with E-state index in [0.29, 0.717) is 17.6 Å². The molecule has 5 heteroatoms. The van der Waals surface area contributed by atoms with E-state index in [2.05, 4.69) is 15.9 Å². The van der Waals surface area contributed by atoms with Gasteiger partial charge in [0, 0.05) is 6.54 Å². The maximum Gasteiger partial charge on any atom is 0.307 e. The minimum Gasteiger partial charge on any atom is -0.466 e. The summed E-state index contributed by atoms with van der Waals surface area (Å²) in [5, 5.41) is 0. The molecule has 0 bridgehead atoms. The zero-order valence-electron chi connectivity index (χ0n) is 12.8. The second-order valence-corrected chi connectivity index (χ2v) is 6.07. The summed E-state index contributed by atoms with van der Waals surface area (Å²) in [6.07, 6.45) is 0.974. The number of hydrogen-bond donors (Lipinski definition) is 0. The van der Waals surface area contributed by atoms with E-state index in [1.807, 2.05) is 37.3 Å². The van der Waals surface area contributed by atoms with Crippen LogP contribution in [0.25, 0.3) is 0 Å². The van der Waals surface area contributed by atoms with Gasteiger partial charge in [-0.2, -0.15) is 0 Å². The van der Waals surface area contributed by atoms with E-state index in [1.54, 1.807) is 11.8 Å². The Morgan fingerprint density at radius 1 is 1.36 bits per heavy atom. The average Bonchev–Trinajstić information content (AvgIpc) is 2.52. The van der Waals surface area contributed by atoms with Gasteiger partial charge in [-0.3, -0.25) is 9.59 Å². The molecule has 0 aliphatic carbocycles. The number of hydrogen-bond acceptors (Lipinski definition) is 3. The Hall–Kier alpha value is -1.62. The van der Waals surface area contributed by atoms with E-state index >= 15 is 0 Å². The lowest BCUT2D eigenvalue weighted by atomic mass is 9.94. The molecule has 1 aromatic rings. The van der Waals surface area contributed by atoms with E-state index in [-0.39, 0.29) is 24.3 Å². The van der Waals surface area contributed by atoms with Gasteiger partial charge in [-0.25, -0.2) is 0 Å². The van der Waals surface area contributed by atoms with Gasteiger partial charge in [-0.05, 0) is 41.8 Å². The van der Waals surface area contributed by atoms with Crippen LogP contribution in [0.4, 0.5) is 0 Å². The van der Waals surface area contributed by atoms with Crippen LogP contribution in [-0.2, 0) is 14.3 Å². The SMILES string of the molecule is CCOC(=O)CCN1C(=O)C(Br)=C(C)CC1c1ccccc1. The minimum absolute atomic E-state index is 0.0376. The normalized spacial score (nSPS) is 18.6. The predicted molar refractivity (Wildman–Crippen MR) is 88.4 cm³/mol. The third-order valence-electron chi connectivity index (χ3n) is 3.75. The van der Waals surface area contributed by atoms with Crippen LogP contribution in [0.1, 0.15) is 38.3 Å². The van der Waals surface area contributed by atoms with E-state index in [4.69, 9.17) is 4.74 Å². The molecular formula is C17H20BrNO3. The molecule has 1 aromatic carbocycles. The van der Waals surface area contributed by atoms with Crippen LogP contribution >= 0.6 is 15.9 Å². The smallest absolute Gasteiger partial charge is 0.307 e. The van der Waals surface area contributed by atoms with Crippen LogP contribution in [0, 0.1) is 0 Å². The Morgan fingerprint density at radius 2 is 2.05 bits per heavy atom. The average molecular weight is 366 g/mol. The summed E-state index contributed by atoms with van der Waals surface area (Å²) >= 11 is 3.37. The van der Waals surface area contributed by atoms with Gasteiger partial charge in [-0.15, -0.1) is 0 Å². The number of ether oxygens (including phenoxy) is 1. The summed E-state index contributed by atoms with van der Waals surface area (Å²) in [4.78, 5) is 25.9. The summed E-state index contributed by atoms with van der Waals surface area (Å²) in [6.45, 7) is 4.46. The molecule has 0 saturated heterocycles. The first-order chi connectivity index (χ1) is 10.5. The lowest BCUT2D eigenvalue weighted by Gasteiger charge is -2.36. The Kier molecular flexibility index (Phi) is 5.77. The Balaban J connectivity index is 2.21. The summed E-state index contributed by atoms with van der Waals surface area (Å²) in [7, 11) is 0. The highest BCUT2D eigenvalue weighted by Gasteiger charge is 2.32. The maximum absolute atomic E-state index is 12.6. The number of amides is 1. The Morgan fingerprint density at radius 3 is 2.68 bits per heavy atom. The molecule has 1 unspecified atom stereocenters. The molecule has 22 heavy (non-hydrogen) atoms. The molecule has 118 valence electrons. The molecule has 0 N–H and O–H groups in total. The number of carbonyl (C=O) groups excluding carboxylic acids is 2. The van der Waals surface area contributed by atoms with Crippen LogP contribution in [0.5, 0.6) is 0 Å². The lowest BCUT2D eigenvalue weighted by Crippen LogP contribution is -2.40. The molecule has 0 radical (unpaired) electrons. The van der Waals surface area contributed by atoms with Crippen molar-refractivity contribution in [1.29, 1.82) is 0 Å². The molecule has 1 heterocycles. The van der Waals surface area contributed by atoms with Gasteiger partial charge in [0.2, 0.25) is 0 Å². The number of halogens is 1. The second kappa shape index (κ2) is 7.58. The van der Waals surface area contributed by atoms with Crippen LogP contribution in [0.15, 0.2) is 40.4 Å². The second-order valence-electron chi connectivity index (χ2n) is 5.28. The highest BCUT2D eigenvalue weighted by Crippen LogP contribution is 2.36. The predicted octanol–water partition coefficient (Wildman–Crippen LogP) is 3.58. The molecule has 1 aliphatic heterocycles. The molecule has 1 amide bonds. The molecule has 1 atom stereocenters. The van der Waals surface area contributed by atoms with E-state index in [9.17, 15) is 9.59 Å². The van der Waals surface area contributed by atoms with Crippen molar-refractivity contribution in [2.45, 2.75) is 32.7 Å². The fraction of sp³-hybridized carbons (Fsp3) is 0.412. The third kappa shape index (κ3) is 3.77. The molecule has 0 fully saturated rings. The fourth-order valence-corrected chi connectivity index (χ4v) is 3.00. The van der Waals surface area contributed by atoms with Gasteiger partial charge >= 0.3 is 5.97 Å². The monoisotopic (exact) mass is 365 g/mol. The van der Waals surface area contributed by atoms with E-state index < -0.39 is 0 Å². The first-order valence-electron chi connectivity index (χ1n) is 7.41. The van der Waals surface area contributed by atoms with Gasteiger partial charge in [-0.1, -0.05) is 35.9 Å². The van der Waals surface area contributed by atoms with Crippen LogP contribution < -0.4 is 0 Å². The summed E-state index contributed by atoms with van der Waals surface area (Å²) < 4.78 is 5.56. The van der Waals surface area contributed by atoms with Crippen LogP contribution in [0.3, 0.4) is 0 Å². The van der Waals surface area contributed by atoms with E-state index in [0.717, 1.165) is 17.6 Å². The third-order valence-corrected chi connectivity index (χ3v) is 4.76. The first-order valence-corrected chi connectivity index (χ1v) is 8.20. The topological polar surface area (TPSA) is 46.6 Å². The maximum atomic E-state index is 12.6. The summed E-state index contributed by atoms with van der Waals surface area (Å²) in [6, 6.07) is 9.88. The number of benzene rings is 1. The van der Waals surface area contributed by atoms with Gasteiger partial charge in [0.25, 0.3) is 5.91 Å². The van der Waals surface area contributed by atoms with E-state index in [1.165, 1.54) is 0 Å². The van der Waals surface area contributed by atoms with Crippen molar-refractivity contribution >= 4 is 27.8 Å². The van der Waals surface area contributed by atoms with Crippen LogP contribution in [-0.4, -0.2) is 29.9 Å². The van der Waals surface area contributed by atoms with Gasteiger partial charge < -0.3 is 9.64 Å². The molecular weight excluding hydrogens is 346 g/mol. The van der Waals surface area contributed by atoms with Crippen molar-refractivity contribution in [3.63, 3.8) is 0 Å². The highest BCUT2D eigenvalue weighted by molar-refractivity contribution is 9.12. The number of nitrogens with zero attached hydrogens (tertiary/aromatic N) is 1. The zero-order valence-corrected chi connectivity index (χ0v) is 14.4. The van der Waals surface area contributed by atoms with Gasteiger partial charge in [0.15, 0.2) is 0 Å². The standard InChI is InChI=1S/C17H20BrNO3/c1-3-22-15(20)9-10-19-14(13-7-5-4-6-8-13)11-12(2)16(18)17(19)21/h4-8,14H,3,9-11H2,1-2H3. The van der Waals surface area contributed by atoms with Crippen LogP contribution in [0.2, 0.25) is 0 Å². The fourth-order valence-electron chi connectivity index (χ4n) is 2.62. The van der Waals surface area contributed by atoms with Crippen molar-refractivity contribution < 1.29 is 14.3 Å². The Labute approximate surface area is 139 Å². The Bertz CT molecular complexity index is 583. The van der Waals surface area contributed by atoms with Crippen molar-refractivity contribution in [2.24, 2.45) is 0 Å². The quantitative estimate of drug-likeness (QED) is 0.749. The number of carbonyl (C=O) groups is 2. The van der Waals surface area contributed by atoms with Crippen molar-refractivity contribution in [2.75, 3.05) is 13.2 Å². The first kappa shape index (κ1) is 16.7. The number of rotatable bonds is 5. The minimum atomic E-state index is -0.274. The highest BCUT2D eigenvalue weighted by atomic mass is 79.9. The van der Waals surface area contributed by atoms with Crippen molar-refractivity contribution in [3.05, 3.63) is 46.0 Å². The molecule has 0 saturated carbocycles. The van der Waals surface area contributed by atoms with Gasteiger partial charge in [0.05, 0.1) is 23.6 Å². The zero-order chi connectivity index (χ0) is 16.1. The van der Waals surface area contributed by atoms with Crippen molar-refractivity contribution in [3.8, 4) is 0 Å². The summed E-state index contributed by atoms with van der Waals surface area (Å²) in [5.74, 6) is -0.341.